The fraction of sp³-hybridized carbons (Fsp3) is 0.882. The maximum atomic E-state index is 14.0. The summed E-state index contributed by atoms with van der Waals surface area (Å²) in [5.74, 6) is 5.60. The van der Waals surface area contributed by atoms with Gasteiger partial charge in [0.1, 0.15) is 0 Å². The number of rotatable bonds is 18. The van der Waals surface area contributed by atoms with Gasteiger partial charge in [-0.05, 0) is 97.3 Å². The third kappa shape index (κ3) is 13.1. The zero-order valence-corrected chi connectivity index (χ0v) is 29.6. The summed E-state index contributed by atoms with van der Waals surface area (Å²) in [4.78, 5) is 32.1. The molecular weight excluding hydrogens is 592 g/mol. The minimum Gasteiger partial charge on any atom is -0.393 e. The number of carbonyl (C=O) groups is 2. The van der Waals surface area contributed by atoms with Crippen molar-refractivity contribution in [3.05, 3.63) is 0 Å². The third-order valence-electron chi connectivity index (χ3n) is 9.34. The lowest BCUT2D eigenvalue weighted by atomic mass is 9.74. The topological polar surface area (TPSA) is 139 Å². The zero-order valence-electron chi connectivity index (χ0n) is 28.8. The molecule has 2 aliphatic carbocycles. The zero-order chi connectivity index (χ0) is 33.6. The minimum absolute atomic E-state index is 0.0327. The molecule has 0 aromatic rings. The molecule has 5 atom stereocenters. The van der Waals surface area contributed by atoms with Gasteiger partial charge in [-0.3, -0.25) is 9.59 Å². The molecule has 10 nitrogen and oxygen atoms in total. The van der Waals surface area contributed by atoms with E-state index in [1.165, 1.54) is 0 Å². The van der Waals surface area contributed by atoms with Gasteiger partial charge in [0, 0.05) is 43.9 Å². The molecule has 2 fully saturated rings. The van der Waals surface area contributed by atoms with Crippen LogP contribution in [0.5, 0.6) is 0 Å². The Hall–Kier alpha value is -1.71. The summed E-state index contributed by atoms with van der Waals surface area (Å²) in [6.45, 7) is 13.0. The largest absolute Gasteiger partial charge is 0.393 e. The van der Waals surface area contributed by atoms with Crippen molar-refractivity contribution in [2.75, 3.05) is 26.2 Å². The number of aliphatic hydroxyl groups excluding tert-OH is 2. The highest BCUT2D eigenvalue weighted by Crippen LogP contribution is 2.35. The van der Waals surface area contributed by atoms with Crippen molar-refractivity contribution in [1.82, 2.24) is 20.1 Å². The normalized spacial score (nSPS) is 25.3. The molecule has 2 amide bonds. The summed E-state index contributed by atoms with van der Waals surface area (Å²) in [7, 11) is -3.61. The molecule has 0 bridgehead atoms. The quantitative estimate of drug-likeness (QED) is 0.130. The Balaban J connectivity index is 2.28. The summed E-state index contributed by atoms with van der Waals surface area (Å²) in [5.41, 5.74) is 0. The fourth-order valence-electron chi connectivity index (χ4n) is 6.70. The van der Waals surface area contributed by atoms with Crippen LogP contribution in [0, 0.1) is 35.5 Å². The highest BCUT2D eigenvalue weighted by molar-refractivity contribution is 7.90. The number of hydrazine groups is 1. The number of aliphatic hydroxyl groups is 2. The molecule has 260 valence electrons. The maximum absolute atomic E-state index is 14.0. The van der Waals surface area contributed by atoms with Crippen LogP contribution < -0.4 is 10.1 Å². The van der Waals surface area contributed by atoms with Gasteiger partial charge in [0.05, 0.1) is 23.5 Å². The SMILES string of the molecule is CC#CC1CC(C(=O)NC(CC2CCC(O)CC2)C(O)CN(CCCC)NS(=O)(=O)C(C)C)CC(C(=O)N(CCC)CCC)C1. The summed E-state index contributed by atoms with van der Waals surface area (Å²) < 4.78 is 25.4. The van der Waals surface area contributed by atoms with Gasteiger partial charge < -0.3 is 20.4 Å². The first-order valence-corrected chi connectivity index (χ1v) is 19.0. The Morgan fingerprint density at radius 2 is 1.56 bits per heavy atom. The summed E-state index contributed by atoms with van der Waals surface area (Å²) >= 11 is 0. The number of hydrogen-bond acceptors (Lipinski definition) is 7. The molecule has 0 radical (unpaired) electrons. The molecule has 2 aliphatic rings. The first-order valence-electron chi connectivity index (χ1n) is 17.5. The first-order chi connectivity index (χ1) is 21.3. The van der Waals surface area contributed by atoms with Crippen LogP contribution in [-0.4, -0.2) is 90.0 Å². The summed E-state index contributed by atoms with van der Waals surface area (Å²) in [5, 5.41) is 25.7. The lowest BCUT2D eigenvalue weighted by Crippen LogP contribution is -2.55. The smallest absolute Gasteiger partial charge is 0.226 e. The van der Waals surface area contributed by atoms with E-state index in [-0.39, 0.29) is 42.2 Å². The van der Waals surface area contributed by atoms with Crippen LogP contribution in [0.25, 0.3) is 0 Å². The lowest BCUT2D eigenvalue weighted by molar-refractivity contribution is -0.139. The van der Waals surface area contributed by atoms with Gasteiger partial charge in [0.15, 0.2) is 0 Å². The van der Waals surface area contributed by atoms with Gasteiger partial charge in [0.25, 0.3) is 0 Å². The number of nitrogens with zero attached hydrogens (tertiary/aromatic N) is 2. The molecule has 5 unspecified atom stereocenters. The van der Waals surface area contributed by atoms with E-state index in [9.17, 15) is 28.2 Å². The Morgan fingerprint density at radius 3 is 2.11 bits per heavy atom. The summed E-state index contributed by atoms with van der Waals surface area (Å²) in [6, 6.07) is -0.603. The first kappa shape index (κ1) is 39.5. The predicted octanol–water partition coefficient (Wildman–Crippen LogP) is 3.82. The van der Waals surface area contributed by atoms with Crippen molar-refractivity contribution < 1.29 is 28.2 Å². The van der Waals surface area contributed by atoms with Crippen molar-refractivity contribution >= 4 is 21.8 Å². The van der Waals surface area contributed by atoms with Gasteiger partial charge >= 0.3 is 0 Å². The van der Waals surface area contributed by atoms with Gasteiger partial charge in [-0.25, -0.2) is 13.4 Å². The second-order valence-electron chi connectivity index (χ2n) is 13.6. The van der Waals surface area contributed by atoms with E-state index in [0.717, 1.165) is 38.5 Å². The Kier molecular flexibility index (Phi) is 17.4. The van der Waals surface area contributed by atoms with Gasteiger partial charge in [0.2, 0.25) is 21.8 Å². The Morgan fingerprint density at radius 1 is 0.933 bits per heavy atom. The highest BCUT2D eigenvalue weighted by Gasteiger charge is 2.39. The molecule has 11 heteroatoms. The predicted molar refractivity (Wildman–Crippen MR) is 179 cm³/mol. The van der Waals surface area contributed by atoms with Crippen LogP contribution in [-0.2, 0) is 19.6 Å². The molecule has 0 saturated heterocycles. The molecule has 2 rings (SSSR count). The number of carbonyl (C=O) groups excluding carboxylic acids is 2. The molecule has 4 N–H and O–H groups in total. The van der Waals surface area contributed by atoms with Crippen molar-refractivity contribution in [1.29, 1.82) is 0 Å². The lowest BCUT2D eigenvalue weighted by Gasteiger charge is -2.37. The standard InChI is InChI=1S/C34H62N4O6S/c1-7-11-19-38(36-45(43,44)25(5)6)24-32(40)31(22-26-13-15-30(39)16-14-26)35-33(41)28-20-27(12-8-2)21-29(23-28)34(42)37(17-9-3)18-10-4/h25-32,36,39-40H,7,9-11,13-24H2,1-6H3,(H,35,41). The van der Waals surface area contributed by atoms with Crippen molar-refractivity contribution in [3.8, 4) is 11.8 Å². The van der Waals surface area contributed by atoms with Crippen LogP contribution >= 0.6 is 0 Å². The van der Waals surface area contributed by atoms with Crippen LogP contribution in [0.1, 0.15) is 119 Å². The molecule has 0 aromatic carbocycles. The van der Waals surface area contributed by atoms with Crippen LogP contribution in [0.3, 0.4) is 0 Å². The van der Waals surface area contributed by atoms with E-state index in [1.54, 1.807) is 25.8 Å². The molecule has 0 heterocycles. The number of nitrogens with one attached hydrogen (secondary N) is 2. The molecule has 0 aliphatic heterocycles. The van der Waals surface area contributed by atoms with E-state index < -0.39 is 33.3 Å². The van der Waals surface area contributed by atoms with E-state index in [4.69, 9.17) is 0 Å². The van der Waals surface area contributed by atoms with Gasteiger partial charge in [-0.1, -0.05) is 27.2 Å². The Labute approximate surface area is 273 Å². The van der Waals surface area contributed by atoms with Crippen LogP contribution in [0.15, 0.2) is 0 Å². The summed E-state index contributed by atoms with van der Waals surface area (Å²) in [6.07, 6.45) is 7.19. The van der Waals surface area contributed by atoms with E-state index in [2.05, 4.69) is 35.8 Å². The average molecular weight is 655 g/mol. The van der Waals surface area contributed by atoms with Gasteiger partial charge in [-0.2, -0.15) is 0 Å². The molecule has 2 saturated carbocycles. The van der Waals surface area contributed by atoms with Gasteiger partial charge in [-0.15, -0.1) is 16.7 Å². The minimum atomic E-state index is -3.61. The molecule has 45 heavy (non-hydrogen) atoms. The van der Waals surface area contributed by atoms with E-state index in [0.29, 0.717) is 58.2 Å². The third-order valence-corrected chi connectivity index (χ3v) is 11.1. The maximum Gasteiger partial charge on any atom is 0.226 e. The molecule has 0 spiro atoms. The number of amides is 2. The second-order valence-corrected chi connectivity index (χ2v) is 15.8. The van der Waals surface area contributed by atoms with Crippen molar-refractivity contribution in [2.45, 2.75) is 142 Å². The van der Waals surface area contributed by atoms with Crippen molar-refractivity contribution in [2.24, 2.45) is 23.7 Å². The molecule has 0 aromatic heterocycles. The monoisotopic (exact) mass is 654 g/mol. The Bertz CT molecular complexity index is 1060. The van der Waals surface area contributed by atoms with E-state index in [1.807, 2.05) is 11.8 Å². The van der Waals surface area contributed by atoms with E-state index >= 15 is 0 Å². The number of unbranched alkanes of at least 4 members (excludes halogenated alkanes) is 1. The molecular formula is C34H62N4O6S. The number of sulfonamides is 1. The second kappa shape index (κ2) is 19.8. The van der Waals surface area contributed by atoms with Crippen LogP contribution in [0.4, 0.5) is 0 Å². The fourth-order valence-corrected chi connectivity index (χ4v) is 7.44. The highest BCUT2D eigenvalue weighted by atomic mass is 32.2. The van der Waals surface area contributed by atoms with Crippen molar-refractivity contribution in [3.63, 3.8) is 0 Å². The number of hydrogen-bond donors (Lipinski definition) is 4. The van der Waals surface area contributed by atoms with Crippen LogP contribution in [0.2, 0.25) is 0 Å². The average Bonchev–Trinajstić information content (AvgIpc) is 2.99.